The van der Waals surface area contributed by atoms with E-state index in [-0.39, 0.29) is 0 Å². The van der Waals surface area contributed by atoms with E-state index in [1.165, 1.54) is 0 Å². The minimum Gasteiger partial charge on any atom is -0.390 e. The largest absolute Gasteiger partial charge is 0.390 e. The van der Waals surface area contributed by atoms with Crippen molar-refractivity contribution in [1.82, 2.24) is 0 Å². The molecule has 0 unspecified atom stereocenters. The number of aliphatic hydroxyl groups is 1. The molecule has 0 atom stereocenters. The summed E-state index contributed by atoms with van der Waals surface area (Å²) in [4.78, 5) is 9.48. The van der Waals surface area contributed by atoms with Crippen molar-refractivity contribution in [2.45, 2.75) is 5.92 Å². The van der Waals surface area contributed by atoms with Gasteiger partial charge in [0.05, 0.1) is 11.5 Å². The van der Waals surface area contributed by atoms with E-state index in [9.17, 15) is 27.7 Å². The van der Waals surface area contributed by atoms with Crippen LogP contribution in [-0.4, -0.2) is 29.1 Å². The van der Waals surface area contributed by atoms with Crippen LogP contribution in [0.4, 0.5) is 28.9 Å². The zero-order valence-corrected chi connectivity index (χ0v) is 8.79. The number of nitrogens with one attached hydrogen (secondary N) is 1. The number of benzene rings is 1. The highest BCUT2D eigenvalue weighted by Crippen LogP contribution is 2.29. The van der Waals surface area contributed by atoms with Crippen LogP contribution in [0.5, 0.6) is 0 Å². The van der Waals surface area contributed by atoms with Crippen molar-refractivity contribution in [3.8, 4) is 0 Å². The monoisotopic (exact) mass is 268 g/mol. The average molecular weight is 268 g/mol. The lowest BCUT2D eigenvalue weighted by molar-refractivity contribution is -0.384. The first-order valence-corrected chi connectivity index (χ1v) is 4.63. The molecule has 18 heavy (non-hydrogen) atoms. The zero-order chi connectivity index (χ0) is 13.9. The Morgan fingerprint density at radius 2 is 2.00 bits per heavy atom. The molecule has 0 heterocycles. The third kappa shape index (κ3) is 3.06. The van der Waals surface area contributed by atoms with Crippen molar-refractivity contribution in [2.75, 3.05) is 18.5 Å². The number of hydrogen-bond donors (Lipinski definition) is 2. The van der Waals surface area contributed by atoms with E-state index in [0.29, 0.717) is 12.1 Å². The van der Waals surface area contributed by atoms with Crippen LogP contribution in [0.25, 0.3) is 0 Å². The molecule has 1 aromatic carbocycles. The molecule has 2 N–H and O–H groups in total. The number of aliphatic hydroxyl groups excluding tert-OH is 1. The highest BCUT2D eigenvalue weighted by Gasteiger charge is 2.30. The maximum atomic E-state index is 13.3. The second kappa shape index (κ2) is 5.17. The Bertz CT molecular complexity index is 467. The molecule has 0 aliphatic heterocycles. The molecule has 0 saturated heterocycles. The van der Waals surface area contributed by atoms with E-state index in [0.717, 1.165) is 0 Å². The summed E-state index contributed by atoms with van der Waals surface area (Å²) >= 11 is 0. The standard InChI is InChI=1S/C9H8F4N2O3/c10-5-1-2-6(15(17)18)8(7(5)11)14-3-9(12,13)4-16/h1-2,14,16H,3-4H2. The Balaban J connectivity index is 3.06. The van der Waals surface area contributed by atoms with E-state index >= 15 is 0 Å². The number of nitrogens with zero attached hydrogens (tertiary/aromatic N) is 1. The summed E-state index contributed by atoms with van der Waals surface area (Å²) in [5.74, 6) is -6.64. The second-order valence-corrected chi connectivity index (χ2v) is 3.38. The number of rotatable bonds is 5. The molecule has 0 aromatic heterocycles. The first kappa shape index (κ1) is 14.2. The van der Waals surface area contributed by atoms with Crippen LogP contribution in [0.15, 0.2) is 12.1 Å². The van der Waals surface area contributed by atoms with Gasteiger partial charge in [-0.1, -0.05) is 0 Å². The third-order valence-electron chi connectivity index (χ3n) is 2.02. The first-order valence-electron chi connectivity index (χ1n) is 4.63. The maximum absolute atomic E-state index is 13.3. The quantitative estimate of drug-likeness (QED) is 0.486. The number of anilines is 1. The number of halogens is 4. The van der Waals surface area contributed by atoms with E-state index in [1.807, 2.05) is 0 Å². The molecule has 100 valence electrons. The maximum Gasteiger partial charge on any atom is 0.295 e. The van der Waals surface area contributed by atoms with Gasteiger partial charge in [0.15, 0.2) is 17.3 Å². The molecule has 0 aliphatic rings. The molecule has 9 heteroatoms. The summed E-state index contributed by atoms with van der Waals surface area (Å²) in [6.45, 7) is -2.78. The van der Waals surface area contributed by atoms with Gasteiger partial charge >= 0.3 is 0 Å². The second-order valence-electron chi connectivity index (χ2n) is 3.38. The molecular weight excluding hydrogens is 260 g/mol. The predicted molar refractivity (Wildman–Crippen MR) is 53.5 cm³/mol. The number of nitro benzene ring substituents is 1. The predicted octanol–water partition coefficient (Wildman–Crippen LogP) is 1.91. The molecular formula is C9H8F4N2O3. The highest BCUT2D eigenvalue weighted by molar-refractivity contribution is 5.62. The Morgan fingerprint density at radius 1 is 1.39 bits per heavy atom. The lowest BCUT2D eigenvalue weighted by Gasteiger charge is -2.15. The summed E-state index contributed by atoms with van der Waals surface area (Å²) < 4.78 is 51.5. The minimum atomic E-state index is -3.60. The fraction of sp³-hybridized carbons (Fsp3) is 0.333. The van der Waals surface area contributed by atoms with Crippen molar-refractivity contribution in [3.05, 3.63) is 33.9 Å². The molecule has 0 bridgehead atoms. The summed E-state index contributed by atoms with van der Waals surface area (Å²) in [5.41, 5.74) is -1.85. The topological polar surface area (TPSA) is 75.4 Å². The van der Waals surface area contributed by atoms with Gasteiger partial charge in [-0.05, 0) is 6.07 Å². The Morgan fingerprint density at radius 3 is 2.50 bits per heavy atom. The highest BCUT2D eigenvalue weighted by atomic mass is 19.3. The summed E-state index contributed by atoms with van der Waals surface area (Å²) in [6.07, 6.45) is 0. The van der Waals surface area contributed by atoms with Crippen molar-refractivity contribution in [2.24, 2.45) is 0 Å². The third-order valence-corrected chi connectivity index (χ3v) is 2.02. The number of alkyl halides is 2. The average Bonchev–Trinajstić information content (AvgIpc) is 2.30. The van der Waals surface area contributed by atoms with Crippen molar-refractivity contribution >= 4 is 11.4 Å². The Hall–Kier alpha value is -1.90. The van der Waals surface area contributed by atoms with Crippen LogP contribution in [0.2, 0.25) is 0 Å². The number of hydrogen-bond acceptors (Lipinski definition) is 4. The fourth-order valence-corrected chi connectivity index (χ4v) is 1.13. The van der Waals surface area contributed by atoms with Gasteiger partial charge in [0, 0.05) is 6.07 Å². The molecule has 0 amide bonds. The van der Waals surface area contributed by atoms with Crippen LogP contribution in [0.1, 0.15) is 0 Å². The summed E-state index contributed by atoms with van der Waals surface area (Å²) in [7, 11) is 0. The molecule has 0 fully saturated rings. The van der Waals surface area contributed by atoms with Gasteiger partial charge in [0.2, 0.25) is 0 Å². The molecule has 5 nitrogen and oxygen atoms in total. The Kier molecular flexibility index (Phi) is 4.07. The van der Waals surface area contributed by atoms with Gasteiger partial charge in [0.25, 0.3) is 11.6 Å². The lowest BCUT2D eigenvalue weighted by Crippen LogP contribution is -2.31. The summed E-state index contributed by atoms with van der Waals surface area (Å²) in [5, 5.41) is 20.5. The fourth-order valence-electron chi connectivity index (χ4n) is 1.13. The van der Waals surface area contributed by atoms with Crippen LogP contribution in [0.3, 0.4) is 0 Å². The van der Waals surface area contributed by atoms with E-state index < -0.39 is 47.0 Å². The molecule has 0 radical (unpaired) electrons. The molecule has 1 aromatic rings. The van der Waals surface area contributed by atoms with Gasteiger partial charge in [-0.3, -0.25) is 10.1 Å². The van der Waals surface area contributed by atoms with Crippen LogP contribution >= 0.6 is 0 Å². The van der Waals surface area contributed by atoms with Gasteiger partial charge in [-0.25, -0.2) is 17.6 Å². The molecule has 0 aliphatic carbocycles. The number of nitro groups is 1. The lowest BCUT2D eigenvalue weighted by atomic mass is 10.2. The smallest absolute Gasteiger partial charge is 0.295 e. The SMILES string of the molecule is O=[N+]([O-])c1ccc(F)c(F)c1NCC(F)(F)CO. The van der Waals surface area contributed by atoms with Gasteiger partial charge in [-0.15, -0.1) is 0 Å². The van der Waals surface area contributed by atoms with E-state index in [2.05, 4.69) is 0 Å². The normalized spacial score (nSPS) is 11.4. The van der Waals surface area contributed by atoms with E-state index in [1.54, 1.807) is 5.32 Å². The Labute approximate surface area is 98.2 Å². The minimum absolute atomic E-state index is 0.517. The van der Waals surface area contributed by atoms with Gasteiger partial charge in [-0.2, -0.15) is 0 Å². The molecule has 0 spiro atoms. The molecule has 0 saturated carbocycles. The molecule has 1 rings (SSSR count). The van der Waals surface area contributed by atoms with Crippen LogP contribution in [0, 0.1) is 21.7 Å². The van der Waals surface area contributed by atoms with Crippen molar-refractivity contribution in [1.29, 1.82) is 0 Å². The van der Waals surface area contributed by atoms with Crippen LogP contribution < -0.4 is 5.32 Å². The van der Waals surface area contributed by atoms with Gasteiger partial charge in [0.1, 0.15) is 6.61 Å². The van der Waals surface area contributed by atoms with Crippen molar-refractivity contribution < 1.29 is 27.6 Å². The van der Waals surface area contributed by atoms with Crippen LogP contribution in [-0.2, 0) is 0 Å². The van der Waals surface area contributed by atoms with Crippen molar-refractivity contribution in [3.63, 3.8) is 0 Å². The zero-order valence-electron chi connectivity index (χ0n) is 8.79. The van der Waals surface area contributed by atoms with Gasteiger partial charge < -0.3 is 10.4 Å². The summed E-state index contributed by atoms with van der Waals surface area (Å²) in [6, 6.07) is 1.17. The van der Waals surface area contributed by atoms with E-state index in [4.69, 9.17) is 5.11 Å². The first-order chi connectivity index (χ1) is 8.28.